The van der Waals surface area contributed by atoms with E-state index in [4.69, 9.17) is 14.5 Å². The molecular formula is C21H36N4O3. The molecule has 0 saturated carbocycles. The van der Waals surface area contributed by atoms with E-state index in [0.29, 0.717) is 24.1 Å². The molecule has 7 heteroatoms. The molecule has 2 atom stereocenters. The van der Waals surface area contributed by atoms with Crippen molar-refractivity contribution in [2.75, 3.05) is 53.5 Å². The SMILES string of the molecule is CCNC(=NCC(O)c1ccc(OC)c(OC)c1)N1CCC(N(CC)CC)C1. The van der Waals surface area contributed by atoms with Crippen LogP contribution >= 0.6 is 0 Å². The van der Waals surface area contributed by atoms with Crippen molar-refractivity contribution in [3.05, 3.63) is 23.8 Å². The maximum absolute atomic E-state index is 10.6. The van der Waals surface area contributed by atoms with E-state index < -0.39 is 6.10 Å². The van der Waals surface area contributed by atoms with E-state index in [-0.39, 0.29) is 0 Å². The second-order valence-corrected chi connectivity index (χ2v) is 6.93. The highest BCUT2D eigenvalue weighted by molar-refractivity contribution is 5.80. The van der Waals surface area contributed by atoms with Gasteiger partial charge in [0.15, 0.2) is 17.5 Å². The van der Waals surface area contributed by atoms with Crippen LogP contribution in [0, 0.1) is 0 Å². The monoisotopic (exact) mass is 392 g/mol. The molecule has 1 aliphatic rings. The highest BCUT2D eigenvalue weighted by atomic mass is 16.5. The third-order valence-electron chi connectivity index (χ3n) is 5.33. The van der Waals surface area contributed by atoms with Crippen LogP contribution in [0.15, 0.2) is 23.2 Å². The number of hydrogen-bond acceptors (Lipinski definition) is 5. The topological polar surface area (TPSA) is 69.6 Å². The number of benzene rings is 1. The Labute approximate surface area is 169 Å². The molecule has 28 heavy (non-hydrogen) atoms. The molecule has 158 valence electrons. The van der Waals surface area contributed by atoms with Crippen molar-refractivity contribution in [3.8, 4) is 11.5 Å². The fraction of sp³-hybridized carbons (Fsp3) is 0.667. The summed E-state index contributed by atoms with van der Waals surface area (Å²) in [6.45, 7) is 11.7. The van der Waals surface area contributed by atoms with E-state index in [9.17, 15) is 5.11 Å². The molecule has 0 bridgehead atoms. The summed E-state index contributed by atoms with van der Waals surface area (Å²) in [4.78, 5) is 9.51. The molecule has 2 N–H and O–H groups in total. The number of rotatable bonds is 9. The van der Waals surface area contributed by atoms with Crippen molar-refractivity contribution >= 4 is 5.96 Å². The lowest BCUT2D eigenvalue weighted by molar-refractivity contribution is 0.186. The number of aliphatic hydroxyl groups excluding tert-OH is 1. The molecule has 0 aromatic heterocycles. The highest BCUT2D eigenvalue weighted by Gasteiger charge is 2.28. The molecule has 1 aliphatic heterocycles. The van der Waals surface area contributed by atoms with Gasteiger partial charge in [-0.25, -0.2) is 0 Å². The van der Waals surface area contributed by atoms with Gasteiger partial charge in [-0.15, -0.1) is 0 Å². The first-order chi connectivity index (χ1) is 13.6. The zero-order chi connectivity index (χ0) is 20.5. The lowest BCUT2D eigenvalue weighted by Crippen LogP contribution is -2.43. The molecule has 2 unspecified atom stereocenters. The van der Waals surface area contributed by atoms with Crippen molar-refractivity contribution in [2.24, 2.45) is 4.99 Å². The summed E-state index contributed by atoms with van der Waals surface area (Å²) < 4.78 is 10.6. The Morgan fingerprint density at radius 3 is 2.57 bits per heavy atom. The van der Waals surface area contributed by atoms with Crippen LogP contribution in [-0.2, 0) is 0 Å². The molecule has 1 fully saturated rings. The lowest BCUT2D eigenvalue weighted by atomic mass is 10.1. The summed E-state index contributed by atoms with van der Waals surface area (Å²) >= 11 is 0. The third-order valence-corrected chi connectivity index (χ3v) is 5.33. The third kappa shape index (κ3) is 5.52. The molecule has 7 nitrogen and oxygen atoms in total. The molecule has 1 aromatic carbocycles. The van der Waals surface area contributed by atoms with E-state index in [1.807, 2.05) is 6.07 Å². The van der Waals surface area contributed by atoms with Crippen molar-refractivity contribution < 1.29 is 14.6 Å². The van der Waals surface area contributed by atoms with Crippen LogP contribution in [0.1, 0.15) is 38.9 Å². The van der Waals surface area contributed by atoms with Gasteiger partial charge in [0.05, 0.1) is 26.9 Å². The summed E-state index contributed by atoms with van der Waals surface area (Å²) in [6.07, 6.45) is 0.444. The molecule has 1 aromatic rings. The van der Waals surface area contributed by atoms with Crippen LogP contribution < -0.4 is 14.8 Å². The van der Waals surface area contributed by atoms with Crippen molar-refractivity contribution in [2.45, 2.75) is 39.3 Å². The number of likely N-dealkylation sites (N-methyl/N-ethyl adjacent to an activating group) is 1. The first-order valence-corrected chi connectivity index (χ1v) is 10.2. The Bertz CT molecular complexity index is 634. The van der Waals surface area contributed by atoms with Gasteiger partial charge >= 0.3 is 0 Å². The predicted octanol–water partition coefficient (Wildman–Crippen LogP) is 2.12. The number of aliphatic imine (C=N–C) groups is 1. The molecule has 1 saturated heterocycles. The Balaban J connectivity index is 2.06. The molecule has 0 amide bonds. The Morgan fingerprint density at radius 2 is 1.96 bits per heavy atom. The van der Waals surface area contributed by atoms with Gasteiger partial charge in [-0.1, -0.05) is 19.9 Å². The number of likely N-dealkylation sites (tertiary alicyclic amines) is 1. The van der Waals surface area contributed by atoms with E-state index in [0.717, 1.165) is 50.7 Å². The van der Waals surface area contributed by atoms with Crippen LogP contribution in [0.25, 0.3) is 0 Å². The summed E-state index contributed by atoms with van der Waals surface area (Å²) in [7, 11) is 3.19. The van der Waals surface area contributed by atoms with Gasteiger partial charge in [0, 0.05) is 25.7 Å². The van der Waals surface area contributed by atoms with Gasteiger partial charge in [-0.2, -0.15) is 0 Å². The van der Waals surface area contributed by atoms with Gasteiger partial charge in [0.25, 0.3) is 0 Å². The maximum atomic E-state index is 10.6. The van der Waals surface area contributed by atoms with Gasteiger partial charge in [-0.05, 0) is 44.1 Å². The predicted molar refractivity (Wildman–Crippen MR) is 113 cm³/mol. The molecular weight excluding hydrogens is 356 g/mol. The number of ether oxygens (including phenoxy) is 2. The van der Waals surface area contributed by atoms with E-state index in [2.05, 4.69) is 35.9 Å². The second kappa shape index (κ2) is 11.1. The van der Waals surface area contributed by atoms with Gasteiger partial charge < -0.3 is 24.8 Å². The standard InChI is InChI=1S/C21H36N4O3/c1-6-22-21(25-12-11-17(15-25)24(7-2)8-3)23-14-18(26)16-9-10-19(27-4)20(13-16)28-5/h9-10,13,17-18,26H,6-8,11-12,14-15H2,1-5H3,(H,22,23). The van der Waals surface area contributed by atoms with Crippen molar-refractivity contribution in [3.63, 3.8) is 0 Å². The number of nitrogens with zero attached hydrogens (tertiary/aromatic N) is 3. The fourth-order valence-electron chi connectivity index (χ4n) is 3.74. The minimum atomic E-state index is -0.699. The zero-order valence-corrected chi connectivity index (χ0v) is 17.9. The quantitative estimate of drug-likeness (QED) is 0.496. The average molecular weight is 393 g/mol. The van der Waals surface area contributed by atoms with E-state index in [1.54, 1.807) is 26.4 Å². The molecule has 0 aliphatic carbocycles. The molecule has 0 spiro atoms. The van der Waals surface area contributed by atoms with Gasteiger partial charge in [0.1, 0.15) is 0 Å². The zero-order valence-electron chi connectivity index (χ0n) is 17.9. The number of aliphatic hydroxyl groups is 1. The Hall–Kier alpha value is -1.99. The molecule has 2 rings (SSSR count). The molecule has 0 radical (unpaired) electrons. The van der Waals surface area contributed by atoms with Crippen LogP contribution in [0.3, 0.4) is 0 Å². The summed E-state index contributed by atoms with van der Waals surface area (Å²) in [5, 5.41) is 14.0. The van der Waals surface area contributed by atoms with Crippen molar-refractivity contribution in [1.29, 1.82) is 0 Å². The number of hydrogen-bond donors (Lipinski definition) is 2. The maximum Gasteiger partial charge on any atom is 0.194 e. The lowest BCUT2D eigenvalue weighted by Gasteiger charge is -2.27. The average Bonchev–Trinajstić information content (AvgIpc) is 3.21. The normalized spacial score (nSPS) is 18.5. The van der Waals surface area contributed by atoms with Crippen LogP contribution in [0.5, 0.6) is 11.5 Å². The summed E-state index contributed by atoms with van der Waals surface area (Å²) in [5.41, 5.74) is 0.764. The number of guanidine groups is 1. The largest absolute Gasteiger partial charge is 0.493 e. The van der Waals surface area contributed by atoms with Gasteiger partial charge in [-0.3, -0.25) is 9.89 Å². The fourth-order valence-corrected chi connectivity index (χ4v) is 3.74. The van der Waals surface area contributed by atoms with E-state index >= 15 is 0 Å². The minimum absolute atomic E-state index is 0.296. The number of nitrogens with one attached hydrogen (secondary N) is 1. The van der Waals surface area contributed by atoms with Crippen molar-refractivity contribution in [1.82, 2.24) is 15.1 Å². The minimum Gasteiger partial charge on any atom is -0.493 e. The first kappa shape index (κ1) is 22.3. The van der Waals surface area contributed by atoms with Gasteiger partial charge in [0.2, 0.25) is 0 Å². The summed E-state index contributed by atoms with van der Waals surface area (Å²) in [6, 6.07) is 6.02. The van der Waals surface area contributed by atoms with Crippen LogP contribution in [0.4, 0.5) is 0 Å². The van der Waals surface area contributed by atoms with E-state index in [1.165, 1.54) is 0 Å². The summed E-state index contributed by atoms with van der Waals surface area (Å²) in [5.74, 6) is 2.13. The second-order valence-electron chi connectivity index (χ2n) is 6.93. The number of methoxy groups -OCH3 is 2. The van der Waals surface area contributed by atoms with Crippen LogP contribution in [0.2, 0.25) is 0 Å². The first-order valence-electron chi connectivity index (χ1n) is 10.2. The van der Waals surface area contributed by atoms with Crippen LogP contribution in [-0.4, -0.2) is 80.4 Å². The molecule has 1 heterocycles. The smallest absolute Gasteiger partial charge is 0.194 e. The Kier molecular flexibility index (Phi) is 8.86. The Morgan fingerprint density at radius 1 is 1.25 bits per heavy atom. The highest BCUT2D eigenvalue weighted by Crippen LogP contribution is 2.30.